The molecule has 63 heavy (non-hydrogen) atoms. The standard InChI is InChI=1S/C57H44N6/c1-56(2)31-32-57(3,4)43-34-49-41(33-42(43)56)51-47(29-30-48-52(51)50-38-22-12-11-17-35(38)27-28-46(50)61(48)37-20-9-6-10-21-37)63(49)55-59-53(36-18-7-5-8-19-36)58-54(60-55)62-44-25-15-13-23-39(44)40-24-14-16-26-45(40)62/h5-30,33-34H,31-32H2,1-4H3. The quantitative estimate of drug-likeness (QED) is 0.178. The second-order valence-electron chi connectivity index (χ2n) is 18.7. The van der Waals surface area contributed by atoms with Crippen LogP contribution in [0.25, 0.3) is 105 Å². The van der Waals surface area contributed by atoms with Gasteiger partial charge in [-0.05, 0) is 100 Å². The van der Waals surface area contributed by atoms with Gasteiger partial charge in [-0.2, -0.15) is 15.0 Å². The lowest BCUT2D eigenvalue weighted by atomic mass is 9.63. The molecule has 0 bridgehead atoms. The van der Waals surface area contributed by atoms with Gasteiger partial charge in [-0.1, -0.05) is 143 Å². The number of hydrogen-bond donors (Lipinski definition) is 0. The van der Waals surface area contributed by atoms with E-state index in [1.54, 1.807) is 0 Å². The van der Waals surface area contributed by atoms with Gasteiger partial charge >= 0.3 is 0 Å². The normalized spacial score (nSPS) is 14.8. The SMILES string of the molecule is CC1(C)CCC(C)(C)c2cc3c(cc21)c1c2c4c5ccccc5ccc4n(-c4ccccc4)c2ccc1n3-c1nc(-c2ccccc2)nc(-n2c3ccccc3c3ccccc32)n1. The smallest absolute Gasteiger partial charge is 0.240 e. The van der Waals surface area contributed by atoms with Crippen molar-refractivity contribution >= 4 is 76.2 Å². The molecule has 0 fully saturated rings. The average Bonchev–Trinajstić information content (AvgIpc) is 3.96. The highest BCUT2D eigenvalue weighted by Gasteiger charge is 2.38. The molecule has 6 heteroatoms. The van der Waals surface area contributed by atoms with E-state index in [4.69, 9.17) is 15.0 Å². The summed E-state index contributed by atoms with van der Waals surface area (Å²) in [5.41, 5.74) is 11.5. The minimum absolute atomic E-state index is 0.00342. The van der Waals surface area contributed by atoms with Crippen LogP contribution in [0.3, 0.4) is 0 Å². The Morgan fingerprint density at radius 2 is 0.873 bits per heavy atom. The van der Waals surface area contributed by atoms with Crippen LogP contribution < -0.4 is 0 Å². The number of rotatable bonds is 4. The van der Waals surface area contributed by atoms with Crippen molar-refractivity contribution in [3.05, 3.63) is 181 Å². The van der Waals surface area contributed by atoms with Gasteiger partial charge in [-0.3, -0.25) is 9.13 Å². The number of hydrogen-bond acceptors (Lipinski definition) is 3. The third kappa shape index (κ3) is 5.15. The van der Waals surface area contributed by atoms with Gasteiger partial charge in [0.2, 0.25) is 11.9 Å². The third-order valence-corrected chi connectivity index (χ3v) is 14.2. The van der Waals surface area contributed by atoms with Crippen molar-refractivity contribution < 1.29 is 0 Å². The number of benzene rings is 8. The van der Waals surface area contributed by atoms with Crippen LogP contribution >= 0.6 is 0 Å². The van der Waals surface area contributed by atoms with E-state index >= 15 is 0 Å². The van der Waals surface area contributed by atoms with Gasteiger partial charge in [0.1, 0.15) is 0 Å². The first-order valence-electron chi connectivity index (χ1n) is 22.1. The van der Waals surface area contributed by atoms with Gasteiger partial charge in [-0.15, -0.1) is 0 Å². The predicted octanol–water partition coefficient (Wildman–Crippen LogP) is 14.3. The zero-order chi connectivity index (χ0) is 42.2. The van der Waals surface area contributed by atoms with E-state index in [0.717, 1.165) is 56.9 Å². The van der Waals surface area contributed by atoms with Crippen molar-refractivity contribution in [3.63, 3.8) is 0 Å². The first kappa shape index (κ1) is 36.1. The molecule has 4 heterocycles. The minimum Gasteiger partial charge on any atom is -0.309 e. The summed E-state index contributed by atoms with van der Waals surface area (Å²) in [5, 5.41) is 9.69. The molecular formula is C57H44N6. The van der Waals surface area contributed by atoms with Gasteiger partial charge in [0.15, 0.2) is 5.82 Å². The molecule has 12 aromatic rings. The Kier molecular flexibility index (Phi) is 7.44. The molecule has 0 N–H and O–H groups in total. The summed E-state index contributed by atoms with van der Waals surface area (Å²) in [7, 11) is 0. The van der Waals surface area contributed by atoms with E-state index in [0.29, 0.717) is 17.7 Å². The Hall–Kier alpha value is -7.57. The second kappa shape index (κ2) is 13.0. The summed E-state index contributed by atoms with van der Waals surface area (Å²) in [5.74, 6) is 1.79. The molecule has 0 aliphatic heterocycles. The zero-order valence-corrected chi connectivity index (χ0v) is 35.8. The summed E-state index contributed by atoms with van der Waals surface area (Å²) in [6.07, 6.45) is 2.24. The highest BCUT2D eigenvalue weighted by molar-refractivity contribution is 6.33. The summed E-state index contributed by atoms with van der Waals surface area (Å²) < 4.78 is 6.99. The molecule has 0 radical (unpaired) electrons. The van der Waals surface area contributed by atoms with Gasteiger partial charge in [-0.25, -0.2) is 0 Å². The molecule has 0 amide bonds. The Labute approximate surface area is 364 Å². The summed E-state index contributed by atoms with van der Waals surface area (Å²) in [4.78, 5) is 16.3. The van der Waals surface area contributed by atoms with Crippen molar-refractivity contribution in [1.82, 2.24) is 28.7 Å². The fourth-order valence-corrected chi connectivity index (χ4v) is 10.9. The van der Waals surface area contributed by atoms with Crippen LogP contribution in [-0.2, 0) is 10.8 Å². The van der Waals surface area contributed by atoms with E-state index < -0.39 is 0 Å². The van der Waals surface area contributed by atoms with Gasteiger partial charge in [0.05, 0.1) is 33.1 Å². The molecular weight excluding hydrogens is 769 g/mol. The van der Waals surface area contributed by atoms with E-state index in [9.17, 15) is 0 Å². The van der Waals surface area contributed by atoms with Crippen LogP contribution in [0.1, 0.15) is 51.7 Å². The monoisotopic (exact) mass is 812 g/mol. The average molecular weight is 813 g/mol. The van der Waals surface area contributed by atoms with Crippen LogP contribution in [0, 0.1) is 0 Å². The highest BCUT2D eigenvalue weighted by Crippen LogP contribution is 2.50. The molecule has 0 saturated carbocycles. The van der Waals surface area contributed by atoms with Crippen molar-refractivity contribution in [3.8, 4) is 29.0 Å². The maximum absolute atomic E-state index is 5.57. The molecule has 6 nitrogen and oxygen atoms in total. The van der Waals surface area contributed by atoms with Crippen molar-refractivity contribution in [1.29, 1.82) is 0 Å². The molecule has 0 spiro atoms. The molecule has 4 aromatic heterocycles. The zero-order valence-electron chi connectivity index (χ0n) is 35.8. The van der Waals surface area contributed by atoms with Crippen molar-refractivity contribution in [2.75, 3.05) is 0 Å². The maximum Gasteiger partial charge on any atom is 0.240 e. The first-order chi connectivity index (χ1) is 30.7. The van der Waals surface area contributed by atoms with Gasteiger partial charge < -0.3 is 4.57 Å². The lowest BCUT2D eigenvalue weighted by molar-refractivity contribution is 0.332. The topological polar surface area (TPSA) is 53.5 Å². The Morgan fingerprint density at radius 3 is 1.54 bits per heavy atom. The van der Waals surface area contributed by atoms with Crippen LogP contribution in [0.2, 0.25) is 0 Å². The van der Waals surface area contributed by atoms with E-state index in [1.165, 1.54) is 54.5 Å². The Bertz CT molecular complexity index is 3790. The lowest BCUT2D eigenvalue weighted by Crippen LogP contribution is -2.33. The molecule has 0 atom stereocenters. The molecule has 0 unspecified atom stereocenters. The Morgan fingerprint density at radius 1 is 0.381 bits per heavy atom. The van der Waals surface area contributed by atoms with Crippen molar-refractivity contribution in [2.45, 2.75) is 51.4 Å². The number of fused-ring (bicyclic) bond motifs is 13. The first-order valence-corrected chi connectivity index (χ1v) is 22.1. The molecule has 1 aliphatic carbocycles. The number of nitrogens with zero attached hydrogens (tertiary/aromatic N) is 6. The number of para-hydroxylation sites is 3. The molecule has 13 rings (SSSR count). The molecule has 1 aliphatic rings. The van der Waals surface area contributed by atoms with Crippen molar-refractivity contribution in [2.24, 2.45) is 0 Å². The second-order valence-corrected chi connectivity index (χ2v) is 18.7. The molecule has 0 saturated heterocycles. The highest BCUT2D eigenvalue weighted by atomic mass is 15.3. The van der Waals surface area contributed by atoms with E-state index in [-0.39, 0.29) is 10.8 Å². The van der Waals surface area contributed by atoms with Gasteiger partial charge in [0.25, 0.3) is 0 Å². The minimum atomic E-state index is -0.0163. The van der Waals surface area contributed by atoms with E-state index in [2.05, 4.69) is 205 Å². The summed E-state index contributed by atoms with van der Waals surface area (Å²) in [6.45, 7) is 9.67. The molecule has 8 aromatic carbocycles. The maximum atomic E-state index is 5.57. The van der Waals surface area contributed by atoms with Crippen LogP contribution in [0.15, 0.2) is 170 Å². The van der Waals surface area contributed by atoms with E-state index in [1.807, 2.05) is 6.07 Å². The van der Waals surface area contributed by atoms with Crippen LogP contribution in [0.4, 0.5) is 0 Å². The summed E-state index contributed by atoms with van der Waals surface area (Å²) in [6, 6.07) is 61.3. The van der Waals surface area contributed by atoms with Crippen LogP contribution in [-0.4, -0.2) is 28.7 Å². The molecule has 302 valence electrons. The third-order valence-electron chi connectivity index (χ3n) is 14.2. The fourth-order valence-electron chi connectivity index (χ4n) is 10.9. The lowest BCUT2D eigenvalue weighted by Gasteiger charge is -2.42. The predicted molar refractivity (Wildman–Crippen MR) is 261 cm³/mol. The Balaban J connectivity index is 1.23. The van der Waals surface area contributed by atoms with Crippen LogP contribution in [0.5, 0.6) is 0 Å². The largest absolute Gasteiger partial charge is 0.309 e. The summed E-state index contributed by atoms with van der Waals surface area (Å²) >= 11 is 0. The fraction of sp³-hybridized carbons (Fsp3) is 0.140. The number of aromatic nitrogens is 6. The van der Waals surface area contributed by atoms with Gasteiger partial charge in [0, 0.05) is 43.6 Å².